The van der Waals surface area contributed by atoms with Gasteiger partial charge in [0, 0.05) is 4.88 Å². The number of hydrogen-bond donors (Lipinski definition) is 0. The van der Waals surface area contributed by atoms with Gasteiger partial charge in [0.1, 0.15) is 21.9 Å². The molecule has 0 bridgehead atoms. The zero-order valence-electron chi connectivity index (χ0n) is 10.0. The molecule has 0 aliphatic heterocycles. The molecule has 0 radical (unpaired) electrons. The van der Waals surface area contributed by atoms with Gasteiger partial charge in [-0.2, -0.15) is 0 Å². The van der Waals surface area contributed by atoms with E-state index in [1.807, 2.05) is 37.3 Å². The molecule has 0 atom stereocenters. The van der Waals surface area contributed by atoms with Gasteiger partial charge in [-0.1, -0.05) is 0 Å². The van der Waals surface area contributed by atoms with Gasteiger partial charge in [0.05, 0.1) is 7.11 Å². The second kappa shape index (κ2) is 4.34. The lowest BCUT2D eigenvalue weighted by atomic mass is 10.2. The molecule has 5 heteroatoms. The first-order valence-corrected chi connectivity index (χ1v) is 6.33. The van der Waals surface area contributed by atoms with E-state index in [4.69, 9.17) is 4.74 Å². The van der Waals surface area contributed by atoms with Crippen LogP contribution in [0.5, 0.6) is 5.75 Å². The van der Waals surface area contributed by atoms with Crippen LogP contribution in [0.3, 0.4) is 0 Å². The van der Waals surface area contributed by atoms with Gasteiger partial charge in [-0.15, -0.1) is 21.5 Å². The van der Waals surface area contributed by atoms with Crippen LogP contribution >= 0.6 is 11.3 Å². The van der Waals surface area contributed by atoms with Crippen molar-refractivity contribution in [1.82, 2.24) is 15.2 Å². The molecule has 0 saturated carbocycles. The molecule has 3 aromatic rings. The Bertz CT molecular complexity index is 691. The molecule has 18 heavy (non-hydrogen) atoms. The van der Waals surface area contributed by atoms with Gasteiger partial charge in [-0.25, -0.2) is 4.98 Å². The van der Waals surface area contributed by atoms with Crippen LogP contribution < -0.4 is 4.74 Å². The van der Waals surface area contributed by atoms with Crippen molar-refractivity contribution >= 4 is 21.7 Å². The van der Waals surface area contributed by atoms with E-state index in [0.717, 1.165) is 26.5 Å². The Labute approximate surface area is 108 Å². The van der Waals surface area contributed by atoms with E-state index >= 15 is 0 Å². The fraction of sp³-hybridized carbons (Fsp3) is 0.154. The van der Waals surface area contributed by atoms with Crippen molar-refractivity contribution in [3.63, 3.8) is 0 Å². The molecule has 0 fully saturated rings. The van der Waals surface area contributed by atoms with Gasteiger partial charge in [0.2, 0.25) is 0 Å². The van der Waals surface area contributed by atoms with E-state index in [2.05, 4.69) is 15.2 Å². The molecule has 0 saturated heterocycles. The summed E-state index contributed by atoms with van der Waals surface area (Å²) in [5, 5.41) is 8.10. The number of methoxy groups -OCH3 is 1. The largest absolute Gasteiger partial charge is 0.497 e. The van der Waals surface area contributed by atoms with E-state index in [-0.39, 0.29) is 0 Å². The lowest BCUT2D eigenvalue weighted by molar-refractivity contribution is 0.415. The third kappa shape index (κ3) is 1.93. The molecule has 0 amide bonds. The zero-order valence-corrected chi connectivity index (χ0v) is 10.9. The van der Waals surface area contributed by atoms with E-state index in [0.29, 0.717) is 5.82 Å². The van der Waals surface area contributed by atoms with Crippen molar-refractivity contribution in [1.29, 1.82) is 0 Å². The number of benzene rings is 1. The first-order valence-electron chi connectivity index (χ1n) is 5.51. The first kappa shape index (κ1) is 11.1. The summed E-state index contributed by atoms with van der Waals surface area (Å²) >= 11 is 1.62. The summed E-state index contributed by atoms with van der Waals surface area (Å²) in [5.41, 5.74) is 1.98. The van der Waals surface area contributed by atoms with Gasteiger partial charge < -0.3 is 4.74 Å². The molecule has 1 aromatic carbocycles. The monoisotopic (exact) mass is 257 g/mol. The quantitative estimate of drug-likeness (QED) is 0.708. The van der Waals surface area contributed by atoms with Crippen molar-refractivity contribution in [3.8, 4) is 16.2 Å². The van der Waals surface area contributed by atoms with Crippen LogP contribution in [0.1, 0.15) is 5.82 Å². The Morgan fingerprint density at radius 3 is 2.61 bits per heavy atom. The summed E-state index contributed by atoms with van der Waals surface area (Å²) in [6.07, 6.45) is 0. The molecule has 0 unspecified atom stereocenters. The number of aryl methyl sites for hydroxylation is 1. The summed E-state index contributed by atoms with van der Waals surface area (Å²) in [4.78, 5) is 6.44. The van der Waals surface area contributed by atoms with Crippen molar-refractivity contribution in [2.75, 3.05) is 7.11 Å². The van der Waals surface area contributed by atoms with Gasteiger partial charge in [0.15, 0.2) is 0 Å². The standard InChI is InChI=1S/C13H11N3OS/c1-8-14-13-11(16-15-8)7-12(18-13)9-3-5-10(17-2)6-4-9/h3-7H,1-2H3. The van der Waals surface area contributed by atoms with E-state index in [1.54, 1.807) is 18.4 Å². The Morgan fingerprint density at radius 2 is 1.89 bits per heavy atom. The van der Waals surface area contributed by atoms with Crippen molar-refractivity contribution in [3.05, 3.63) is 36.2 Å². The van der Waals surface area contributed by atoms with Crippen LogP contribution in [0.25, 0.3) is 20.8 Å². The minimum Gasteiger partial charge on any atom is -0.497 e. The predicted molar refractivity (Wildman–Crippen MR) is 71.9 cm³/mol. The summed E-state index contributed by atoms with van der Waals surface area (Å²) in [7, 11) is 1.66. The molecule has 90 valence electrons. The lowest BCUT2D eigenvalue weighted by Crippen LogP contribution is -1.88. The summed E-state index contributed by atoms with van der Waals surface area (Å²) in [6.45, 7) is 1.85. The molecular formula is C13H11N3OS. The summed E-state index contributed by atoms with van der Waals surface area (Å²) in [5.74, 6) is 1.55. The number of aromatic nitrogens is 3. The number of fused-ring (bicyclic) bond motifs is 1. The SMILES string of the molecule is COc1ccc(-c2cc3nnc(C)nc3s2)cc1. The van der Waals surface area contributed by atoms with Gasteiger partial charge in [-0.3, -0.25) is 0 Å². The van der Waals surface area contributed by atoms with Gasteiger partial charge >= 0.3 is 0 Å². The van der Waals surface area contributed by atoms with Crippen molar-refractivity contribution < 1.29 is 4.74 Å². The van der Waals surface area contributed by atoms with Gasteiger partial charge in [-0.05, 0) is 42.8 Å². The molecule has 0 aliphatic rings. The normalized spacial score (nSPS) is 10.8. The zero-order chi connectivity index (χ0) is 12.5. The Hall–Kier alpha value is -2.01. The van der Waals surface area contributed by atoms with Crippen LogP contribution in [0, 0.1) is 6.92 Å². The number of rotatable bonds is 2. The molecule has 2 heterocycles. The maximum atomic E-state index is 5.15. The average Bonchev–Trinajstić information content (AvgIpc) is 2.81. The number of ether oxygens (including phenoxy) is 1. The van der Waals surface area contributed by atoms with Gasteiger partial charge in [0.25, 0.3) is 0 Å². The third-order valence-corrected chi connectivity index (χ3v) is 3.70. The van der Waals surface area contributed by atoms with Crippen LogP contribution in [0.4, 0.5) is 0 Å². The van der Waals surface area contributed by atoms with Crippen LogP contribution in [-0.4, -0.2) is 22.3 Å². The van der Waals surface area contributed by atoms with E-state index in [9.17, 15) is 0 Å². The minimum absolute atomic E-state index is 0.700. The summed E-state index contributed by atoms with van der Waals surface area (Å²) in [6, 6.07) is 9.98. The van der Waals surface area contributed by atoms with Crippen LogP contribution in [0.15, 0.2) is 30.3 Å². The number of hydrogen-bond acceptors (Lipinski definition) is 5. The highest BCUT2D eigenvalue weighted by Crippen LogP contribution is 2.32. The molecular weight excluding hydrogens is 246 g/mol. The Morgan fingerprint density at radius 1 is 1.11 bits per heavy atom. The highest BCUT2D eigenvalue weighted by molar-refractivity contribution is 7.21. The lowest BCUT2D eigenvalue weighted by Gasteiger charge is -2.00. The highest BCUT2D eigenvalue weighted by atomic mass is 32.1. The second-order valence-corrected chi connectivity index (χ2v) is 4.92. The Balaban J connectivity index is 2.07. The first-order chi connectivity index (χ1) is 8.76. The maximum absolute atomic E-state index is 5.15. The third-order valence-electron chi connectivity index (χ3n) is 2.63. The molecule has 3 rings (SSSR count). The number of thiophene rings is 1. The highest BCUT2D eigenvalue weighted by Gasteiger charge is 2.07. The van der Waals surface area contributed by atoms with Crippen LogP contribution in [0.2, 0.25) is 0 Å². The molecule has 0 N–H and O–H groups in total. The predicted octanol–water partition coefficient (Wildman–Crippen LogP) is 3.07. The average molecular weight is 257 g/mol. The second-order valence-electron chi connectivity index (χ2n) is 3.89. The fourth-order valence-corrected chi connectivity index (χ4v) is 2.73. The van der Waals surface area contributed by atoms with Crippen molar-refractivity contribution in [2.45, 2.75) is 6.92 Å². The number of nitrogens with zero attached hydrogens (tertiary/aromatic N) is 3. The molecule has 2 aromatic heterocycles. The fourth-order valence-electron chi connectivity index (χ4n) is 1.72. The molecule has 0 spiro atoms. The maximum Gasteiger partial charge on any atom is 0.149 e. The molecule has 4 nitrogen and oxygen atoms in total. The summed E-state index contributed by atoms with van der Waals surface area (Å²) < 4.78 is 5.15. The van der Waals surface area contributed by atoms with E-state index in [1.165, 1.54) is 0 Å². The smallest absolute Gasteiger partial charge is 0.149 e. The minimum atomic E-state index is 0.700. The van der Waals surface area contributed by atoms with Crippen molar-refractivity contribution in [2.24, 2.45) is 0 Å². The van der Waals surface area contributed by atoms with Crippen LogP contribution in [-0.2, 0) is 0 Å². The molecule has 0 aliphatic carbocycles. The van der Waals surface area contributed by atoms with E-state index < -0.39 is 0 Å². The topological polar surface area (TPSA) is 47.9 Å². The Kier molecular flexibility index (Phi) is 2.68.